The summed E-state index contributed by atoms with van der Waals surface area (Å²) < 4.78 is 0. The molecular formula is C10H15NO3S. The van der Waals surface area contributed by atoms with Crippen LogP contribution in [0, 0.1) is 11.8 Å². The van der Waals surface area contributed by atoms with Crippen LogP contribution in [0.1, 0.15) is 19.3 Å². The molecule has 2 aliphatic rings. The Bertz CT molecular complexity index is 272. The molecule has 15 heavy (non-hydrogen) atoms. The Morgan fingerprint density at radius 2 is 2.07 bits per heavy atom. The number of rotatable bonds is 4. The third-order valence-corrected chi connectivity index (χ3v) is 4.12. The average Bonchev–Trinajstić information content (AvgIpc) is 2.87. The minimum Gasteiger partial charge on any atom is -0.480 e. The number of carbonyl (C=O) groups is 2. The first-order valence-electron chi connectivity index (χ1n) is 5.29. The van der Waals surface area contributed by atoms with Gasteiger partial charge in [-0.25, -0.2) is 4.79 Å². The fourth-order valence-electron chi connectivity index (χ4n) is 1.82. The lowest BCUT2D eigenvalue weighted by atomic mass is 10.1. The van der Waals surface area contributed by atoms with E-state index in [1.54, 1.807) is 11.8 Å². The van der Waals surface area contributed by atoms with Crippen LogP contribution in [0.3, 0.4) is 0 Å². The van der Waals surface area contributed by atoms with Crippen molar-refractivity contribution in [1.82, 2.24) is 5.32 Å². The van der Waals surface area contributed by atoms with Gasteiger partial charge in [-0.05, 0) is 30.9 Å². The summed E-state index contributed by atoms with van der Waals surface area (Å²) in [5.41, 5.74) is 0. The second-order valence-corrected chi connectivity index (χ2v) is 5.37. The zero-order chi connectivity index (χ0) is 10.8. The summed E-state index contributed by atoms with van der Waals surface area (Å²) in [6, 6.07) is -0.650. The van der Waals surface area contributed by atoms with Crippen molar-refractivity contribution in [2.75, 3.05) is 11.5 Å². The van der Waals surface area contributed by atoms with E-state index in [2.05, 4.69) is 5.32 Å². The number of carbonyl (C=O) groups excluding carboxylic acids is 1. The van der Waals surface area contributed by atoms with E-state index in [-0.39, 0.29) is 17.7 Å². The largest absolute Gasteiger partial charge is 0.480 e. The van der Waals surface area contributed by atoms with Crippen LogP contribution < -0.4 is 5.32 Å². The summed E-state index contributed by atoms with van der Waals surface area (Å²) in [5, 5.41) is 11.6. The number of nitrogens with one attached hydrogen (secondary N) is 1. The van der Waals surface area contributed by atoms with Crippen molar-refractivity contribution in [3.8, 4) is 0 Å². The molecular weight excluding hydrogens is 214 g/mol. The molecule has 1 saturated carbocycles. The van der Waals surface area contributed by atoms with Crippen molar-refractivity contribution in [2.24, 2.45) is 11.8 Å². The SMILES string of the molecule is O=C(NC(C(=O)O)C1CC1)C1CCSC1. The van der Waals surface area contributed by atoms with Gasteiger partial charge >= 0.3 is 5.97 Å². The first kappa shape index (κ1) is 10.8. The predicted octanol–water partition coefficient (Wildman–Crippen LogP) is 0.719. The molecule has 0 aromatic carbocycles. The highest BCUT2D eigenvalue weighted by Gasteiger charge is 2.38. The molecule has 0 aromatic heterocycles. The van der Waals surface area contributed by atoms with Crippen LogP contribution in [0.4, 0.5) is 0 Å². The standard InChI is InChI=1S/C10H15NO3S/c12-9(7-3-4-15-5-7)11-8(10(13)14)6-1-2-6/h6-8H,1-5H2,(H,11,12)(H,13,14). The van der Waals surface area contributed by atoms with Gasteiger partial charge in [0.15, 0.2) is 0 Å². The second kappa shape index (κ2) is 4.43. The van der Waals surface area contributed by atoms with Gasteiger partial charge in [0.25, 0.3) is 0 Å². The third-order valence-electron chi connectivity index (χ3n) is 2.96. The van der Waals surface area contributed by atoms with Gasteiger partial charge in [-0.15, -0.1) is 0 Å². The highest BCUT2D eigenvalue weighted by molar-refractivity contribution is 7.99. The molecule has 1 saturated heterocycles. The van der Waals surface area contributed by atoms with E-state index < -0.39 is 12.0 Å². The highest BCUT2D eigenvalue weighted by atomic mass is 32.2. The zero-order valence-corrected chi connectivity index (χ0v) is 9.26. The highest BCUT2D eigenvalue weighted by Crippen LogP contribution is 2.33. The zero-order valence-electron chi connectivity index (χ0n) is 8.44. The first-order chi connectivity index (χ1) is 7.18. The van der Waals surface area contributed by atoms with Gasteiger partial charge in [0.1, 0.15) is 6.04 Å². The van der Waals surface area contributed by atoms with E-state index in [4.69, 9.17) is 5.11 Å². The van der Waals surface area contributed by atoms with Crippen molar-refractivity contribution >= 4 is 23.6 Å². The van der Waals surface area contributed by atoms with Gasteiger partial charge in [0.2, 0.25) is 5.91 Å². The molecule has 5 heteroatoms. The van der Waals surface area contributed by atoms with Crippen LogP contribution in [0.25, 0.3) is 0 Å². The van der Waals surface area contributed by atoms with E-state index in [0.717, 1.165) is 30.8 Å². The Labute approximate surface area is 92.8 Å². The number of thioether (sulfide) groups is 1. The summed E-state index contributed by atoms with van der Waals surface area (Å²) >= 11 is 1.76. The molecule has 0 radical (unpaired) electrons. The molecule has 2 fully saturated rings. The number of amides is 1. The maximum Gasteiger partial charge on any atom is 0.326 e. The van der Waals surface area contributed by atoms with Crippen LogP contribution in [-0.4, -0.2) is 34.5 Å². The van der Waals surface area contributed by atoms with Crippen molar-refractivity contribution in [2.45, 2.75) is 25.3 Å². The van der Waals surface area contributed by atoms with Crippen molar-refractivity contribution in [3.05, 3.63) is 0 Å². The fourth-order valence-corrected chi connectivity index (χ4v) is 3.04. The lowest BCUT2D eigenvalue weighted by molar-refractivity contribution is -0.143. The lowest BCUT2D eigenvalue weighted by Crippen LogP contribution is -2.45. The molecule has 1 heterocycles. The van der Waals surface area contributed by atoms with E-state index in [9.17, 15) is 9.59 Å². The van der Waals surface area contributed by atoms with Crippen molar-refractivity contribution in [1.29, 1.82) is 0 Å². The van der Waals surface area contributed by atoms with E-state index in [1.807, 2.05) is 0 Å². The molecule has 0 bridgehead atoms. The monoisotopic (exact) mass is 229 g/mol. The Balaban J connectivity index is 1.87. The smallest absolute Gasteiger partial charge is 0.326 e. The fraction of sp³-hybridized carbons (Fsp3) is 0.800. The van der Waals surface area contributed by atoms with E-state index in [0.29, 0.717) is 0 Å². The van der Waals surface area contributed by atoms with Crippen molar-refractivity contribution < 1.29 is 14.7 Å². The van der Waals surface area contributed by atoms with Crippen LogP contribution in [0.2, 0.25) is 0 Å². The van der Waals surface area contributed by atoms with Gasteiger partial charge in [-0.3, -0.25) is 4.79 Å². The Morgan fingerprint density at radius 3 is 2.53 bits per heavy atom. The van der Waals surface area contributed by atoms with Gasteiger partial charge in [0.05, 0.1) is 0 Å². The molecule has 2 rings (SSSR count). The molecule has 2 unspecified atom stereocenters. The number of aliphatic carboxylic acids is 1. The molecule has 1 aliphatic heterocycles. The normalized spacial score (nSPS) is 27.3. The number of carboxylic acids is 1. The summed E-state index contributed by atoms with van der Waals surface area (Å²) in [6.07, 6.45) is 2.74. The van der Waals surface area contributed by atoms with Gasteiger partial charge in [-0.2, -0.15) is 11.8 Å². The van der Waals surface area contributed by atoms with Gasteiger partial charge in [-0.1, -0.05) is 0 Å². The van der Waals surface area contributed by atoms with Crippen LogP contribution in [0.5, 0.6) is 0 Å². The molecule has 0 aromatic rings. The lowest BCUT2D eigenvalue weighted by Gasteiger charge is -2.16. The summed E-state index contributed by atoms with van der Waals surface area (Å²) in [6.45, 7) is 0. The second-order valence-electron chi connectivity index (χ2n) is 4.22. The molecule has 2 atom stereocenters. The minimum absolute atomic E-state index is 0.0237. The maximum absolute atomic E-state index is 11.7. The third kappa shape index (κ3) is 2.65. The maximum atomic E-state index is 11.7. The summed E-state index contributed by atoms with van der Waals surface area (Å²) in [4.78, 5) is 22.6. The van der Waals surface area contributed by atoms with Gasteiger partial charge < -0.3 is 10.4 Å². The van der Waals surface area contributed by atoms with E-state index in [1.165, 1.54) is 0 Å². The topological polar surface area (TPSA) is 66.4 Å². The number of carboxylic acid groups (broad SMARTS) is 1. The molecule has 4 nitrogen and oxygen atoms in total. The van der Waals surface area contributed by atoms with Crippen LogP contribution in [-0.2, 0) is 9.59 Å². The Morgan fingerprint density at radius 1 is 1.33 bits per heavy atom. The minimum atomic E-state index is -0.892. The van der Waals surface area contributed by atoms with Crippen LogP contribution >= 0.6 is 11.8 Å². The Hall–Kier alpha value is -0.710. The first-order valence-corrected chi connectivity index (χ1v) is 6.45. The molecule has 84 valence electrons. The van der Waals surface area contributed by atoms with Gasteiger partial charge in [0, 0.05) is 11.7 Å². The summed E-state index contributed by atoms with van der Waals surface area (Å²) in [7, 11) is 0. The molecule has 2 N–H and O–H groups in total. The van der Waals surface area contributed by atoms with E-state index >= 15 is 0 Å². The predicted molar refractivity (Wildman–Crippen MR) is 57.7 cm³/mol. The molecule has 1 amide bonds. The van der Waals surface area contributed by atoms with Crippen molar-refractivity contribution in [3.63, 3.8) is 0 Å². The molecule has 1 aliphatic carbocycles. The quantitative estimate of drug-likeness (QED) is 0.745. The summed E-state index contributed by atoms with van der Waals surface area (Å²) in [5.74, 6) is 1.08. The van der Waals surface area contributed by atoms with Crippen LogP contribution in [0.15, 0.2) is 0 Å². The molecule has 0 spiro atoms. The Kier molecular flexibility index (Phi) is 3.19. The number of hydrogen-bond acceptors (Lipinski definition) is 3. The average molecular weight is 229 g/mol. The number of hydrogen-bond donors (Lipinski definition) is 2.